The van der Waals surface area contributed by atoms with E-state index < -0.39 is 6.10 Å². The lowest BCUT2D eigenvalue weighted by Gasteiger charge is -2.30. The molecule has 0 heterocycles. The van der Waals surface area contributed by atoms with Crippen LogP contribution in [0, 0.1) is 11.8 Å². The van der Waals surface area contributed by atoms with Gasteiger partial charge in [0.15, 0.2) is 0 Å². The average molecular weight is 168 g/mol. The maximum absolute atomic E-state index is 11.3. The van der Waals surface area contributed by atoms with Crippen LogP contribution in [0.15, 0.2) is 12.2 Å². The van der Waals surface area contributed by atoms with E-state index in [1.165, 1.54) is 0 Å². The number of aliphatic hydroxyl groups excluding tert-OH is 1. The van der Waals surface area contributed by atoms with Gasteiger partial charge in [-0.05, 0) is 19.3 Å². The minimum absolute atomic E-state index is 0.168. The Hall–Kier alpha value is -0.630. The molecule has 1 saturated carbocycles. The van der Waals surface area contributed by atoms with Crippen LogP contribution in [-0.2, 0) is 4.79 Å². The number of aliphatic hydroxyl groups is 1. The summed E-state index contributed by atoms with van der Waals surface area (Å²) in [6.45, 7) is 7.52. The van der Waals surface area contributed by atoms with E-state index in [0.29, 0.717) is 12.8 Å². The highest BCUT2D eigenvalue weighted by molar-refractivity contribution is 5.82. The van der Waals surface area contributed by atoms with Crippen LogP contribution in [0.1, 0.15) is 26.7 Å². The molecule has 0 spiro atoms. The van der Waals surface area contributed by atoms with E-state index in [1.54, 1.807) is 6.92 Å². The Morgan fingerprint density at radius 2 is 2.25 bits per heavy atom. The Labute approximate surface area is 73.3 Å². The molecule has 0 unspecified atom stereocenters. The predicted octanol–water partition coefficient (Wildman–Crippen LogP) is 1.54. The highest BCUT2D eigenvalue weighted by Gasteiger charge is 2.32. The van der Waals surface area contributed by atoms with Crippen molar-refractivity contribution in [2.45, 2.75) is 32.8 Å². The lowest BCUT2D eigenvalue weighted by atomic mass is 9.77. The van der Waals surface area contributed by atoms with Gasteiger partial charge < -0.3 is 5.11 Å². The Bertz CT molecular complexity index is 208. The molecule has 1 fully saturated rings. The Kier molecular flexibility index (Phi) is 2.68. The molecule has 1 N–H and O–H groups in total. The van der Waals surface area contributed by atoms with Crippen LogP contribution in [0.3, 0.4) is 0 Å². The zero-order valence-corrected chi connectivity index (χ0v) is 7.71. The van der Waals surface area contributed by atoms with Crippen molar-refractivity contribution >= 4 is 5.78 Å². The molecule has 0 aliphatic heterocycles. The molecule has 0 amide bonds. The van der Waals surface area contributed by atoms with Crippen LogP contribution in [-0.4, -0.2) is 17.0 Å². The van der Waals surface area contributed by atoms with Crippen molar-refractivity contribution in [2.75, 3.05) is 0 Å². The van der Waals surface area contributed by atoms with Gasteiger partial charge >= 0.3 is 0 Å². The summed E-state index contributed by atoms with van der Waals surface area (Å²) in [5.41, 5.74) is 1.01. The summed E-state index contributed by atoms with van der Waals surface area (Å²) in [6, 6.07) is 0. The maximum Gasteiger partial charge on any atom is 0.138 e. The number of Topliss-reactive ketones (excluding diaryl/α,β-unsaturated/α-hetero) is 1. The third kappa shape index (κ3) is 1.75. The largest absolute Gasteiger partial charge is 0.392 e. The lowest BCUT2D eigenvalue weighted by Crippen LogP contribution is -2.35. The van der Waals surface area contributed by atoms with Crippen molar-refractivity contribution in [3.05, 3.63) is 12.2 Å². The van der Waals surface area contributed by atoms with Crippen molar-refractivity contribution in [3.8, 4) is 0 Å². The third-order valence-corrected chi connectivity index (χ3v) is 2.76. The molecule has 1 aliphatic rings. The van der Waals surface area contributed by atoms with Gasteiger partial charge in [-0.15, -0.1) is 0 Å². The third-order valence-electron chi connectivity index (χ3n) is 2.76. The summed E-state index contributed by atoms with van der Waals surface area (Å²) in [6.07, 6.45) is 0.795. The SMILES string of the molecule is C=C(C)[C@H]1CC(=O)[C@@H](C)[C@H](O)C1. The van der Waals surface area contributed by atoms with Gasteiger partial charge in [-0.25, -0.2) is 0 Å². The van der Waals surface area contributed by atoms with Gasteiger partial charge in [0.1, 0.15) is 5.78 Å². The first-order valence-corrected chi connectivity index (χ1v) is 4.38. The van der Waals surface area contributed by atoms with E-state index in [4.69, 9.17) is 0 Å². The van der Waals surface area contributed by atoms with Crippen LogP contribution in [0.2, 0.25) is 0 Å². The number of carbonyl (C=O) groups is 1. The zero-order chi connectivity index (χ0) is 9.30. The second-order valence-electron chi connectivity index (χ2n) is 3.81. The minimum Gasteiger partial charge on any atom is -0.392 e. The van der Waals surface area contributed by atoms with Crippen LogP contribution < -0.4 is 0 Å². The van der Waals surface area contributed by atoms with Crippen molar-refractivity contribution in [1.82, 2.24) is 0 Å². The molecule has 2 heteroatoms. The van der Waals surface area contributed by atoms with Crippen molar-refractivity contribution in [1.29, 1.82) is 0 Å². The van der Waals surface area contributed by atoms with Crippen LogP contribution in [0.25, 0.3) is 0 Å². The van der Waals surface area contributed by atoms with Gasteiger partial charge in [-0.1, -0.05) is 19.1 Å². The molecular weight excluding hydrogens is 152 g/mol. The minimum atomic E-state index is -0.465. The van der Waals surface area contributed by atoms with E-state index in [1.807, 2.05) is 6.92 Å². The molecule has 3 atom stereocenters. The molecule has 68 valence electrons. The van der Waals surface area contributed by atoms with Crippen LogP contribution in [0.5, 0.6) is 0 Å². The summed E-state index contributed by atoms with van der Waals surface area (Å²) >= 11 is 0. The van der Waals surface area contributed by atoms with Gasteiger partial charge in [-0.2, -0.15) is 0 Å². The molecule has 0 bridgehead atoms. The number of carbonyl (C=O) groups excluding carboxylic acids is 1. The molecule has 0 aromatic rings. The highest BCUT2D eigenvalue weighted by atomic mass is 16.3. The van der Waals surface area contributed by atoms with Crippen molar-refractivity contribution in [2.24, 2.45) is 11.8 Å². The fourth-order valence-corrected chi connectivity index (χ4v) is 1.60. The molecule has 12 heavy (non-hydrogen) atoms. The number of hydrogen-bond donors (Lipinski definition) is 1. The highest BCUT2D eigenvalue weighted by Crippen LogP contribution is 2.30. The molecular formula is C10H16O2. The van der Waals surface area contributed by atoms with E-state index in [0.717, 1.165) is 5.57 Å². The molecule has 0 saturated heterocycles. The van der Waals surface area contributed by atoms with Gasteiger partial charge in [0.05, 0.1) is 6.10 Å². The second kappa shape index (κ2) is 3.40. The van der Waals surface area contributed by atoms with Crippen molar-refractivity contribution in [3.63, 3.8) is 0 Å². The lowest BCUT2D eigenvalue weighted by molar-refractivity contribution is -0.129. The number of ketones is 1. The summed E-state index contributed by atoms with van der Waals surface area (Å²) in [5.74, 6) is 0.186. The van der Waals surface area contributed by atoms with Crippen LogP contribution in [0.4, 0.5) is 0 Å². The van der Waals surface area contributed by atoms with Gasteiger partial charge in [0.25, 0.3) is 0 Å². The molecule has 0 aromatic heterocycles. The summed E-state index contributed by atoms with van der Waals surface area (Å²) in [5, 5.41) is 9.51. The van der Waals surface area contributed by atoms with Crippen LogP contribution >= 0.6 is 0 Å². The Morgan fingerprint density at radius 3 is 2.67 bits per heavy atom. The smallest absolute Gasteiger partial charge is 0.138 e. The zero-order valence-electron chi connectivity index (χ0n) is 7.71. The number of allylic oxidation sites excluding steroid dienone is 1. The average Bonchev–Trinajstić information content (AvgIpc) is 1.99. The van der Waals surface area contributed by atoms with E-state index >= 15 is 0 Å². The van der Waals surface area contributed by atoms with Gasteiger partial charge in [0.2, 0.25) is 0 Å². The van der Waals surface area contributed by atoms with E-state index in [9.17, 15) is 9.90 Å². The maximum atomic E-state index is 11.3. The van der Waals surface area contributed by atoms with Gasteiger partial charge in [-0.3, -0.25) is 4.79 Å². The first-order chi connectivity index (χ1) is 5.52. The second-order valence-corrected chi connectivity index (χ2v) is 3.81. The first-order valence-electron chi connectivity index (χ1n) is 4.38. The quantitative estimate of drug-likeness (QED) is 0.603. The van der Waals surface area contributed by atoms with Gasteiger partial charge in [0, 0.05) is 12.3 Å². The molecule has 0 radical (unpaired) electrons. The van der Waals surface area contributed by atoms with E-state index in [2.05, 4.69) is 6.58 Å². The molecule has 1 rings (SSSR count). The Balaban J connectivity index is 2.66. The summed E-state index contributed by atoms with van der Waals surface area (Å²) in [4.78, 5) is 11.3. The topological polar surface area (TPSA) is 37.3 Å². The Morgan fingerprint density at radius 1 is 1.67 bits per heavy atom. The fourth-order valence-electron chi connectivity index (χ4n) is 1.60. The number of rotatable bonds is 1. The standard InChI is InChI=1S/C10H16O2/c1-6(2)8-4-9(11)7(3)10(12)5-8/h7-9,11H,1,4-5H2,2-3H3/t7-,8+,9+/m0/s1. The first kappa shape index (κ1) is 9.46. The predicted molar refractivity (Wildman–Crippen MR) is 47.7 cm³/mol. The summed E-state index contributed by atoms with van der Waals surface area (Å²) < 4.78 is 0. The normalized spacial score (nSPS) is 36.6. The summed E-state index contributed by atoms with van der Waals surface area (Å²) in [7, 11) is 0. The fraction of sp³-hybridized carbons (Fsp3) is 0.700. The molecule has 0 aromatic carbocycles. The van der Waals surface area contributed by atoms with Crippen molar-refractivity contribution < 1.29 is 9.90 Å². The monoisotopic (exact) mass is 168 g/mol. The van der Waals surface area contributed by atoms with E-state index in [-0.39, 0.29) is 17.6 Å². The number of hydrogen-bond acceptors (Lipinski definition) is 2. The molecule has 1 aliphatic carbocycles. The molecule has 2 nitrogen and oxygen atoms in total.